The van der Waals surface area contributed by atoms with Crippen LogP contribution in [-0.4, -0.2) is 43.0 Å². The zero-order chi connectivity index (χ0) is 19.6. The molecule has 0 saturated carbocycles. The zero-order valence-electron chi connectivity index (χ0n) is 16.4. The van der Waals surface area contributed by atoms with E-state index in [1.165, 1.54) is 0 Å². The Labute approximate surface area is 161 Å². The molecule has 1 amide bonds. The Balaban J connectivity index is 2.25. The van der Waals surface area contributed by atoms with Gasteiger partial charge >= 0.3 is 5.97 Å². The maximum absolute atomic E-state index is 13.0. The number of rotatable bonds is 9. The van der Waals surface area contributed by atoms with Crippen molar-refractivity contribution in [1.29, 1.82) is 0 Å². The Kier molecular flexibility index (Phi) is 8.01. The lowest BCUT2D eigenvalue weighted by molar-refractivity contribution is -0.119. The predicted molar refractivity (Wildman–Crippen MR) is 108 cm³/mol. The van der Waals surface area contributed by atoms with Gasteiger partial charge in [-0.25, -0.2) is 4.79 Å². The van der Waals surface area contributed by atoms with Crippen molar-refractivity contribution < 1.29 is 14.3 Å². The molecule has 0 N–H and O–H groups in total. The number of esters is 1. The molecular formula is C22H28N2O3. The summed E-state index contributed by atoms with van der Waals surface area (Å²) in [4.78, 5) is 28.7. The summed E-state index contributed by atoms with van der Waals surface area (Å²) in [6, 6.07) is 16.9. The first-order valence-electron chi connectivity index (χ1n) is 9.42. The topological polar surface area (TPSA) is 49.9 Å². The molecule has 0 atom stereocenters. The van der Waals surface area contributed by atoms with Crippen molar-refractivity contribution in [2.45, 2.75) is 27.3 Å². The van der Waals surface area contributed by atoms with Gasteiger partial charge in [0, 0.05) is 5.69 Å². The molecule has 0 heterocycles. The molecule has 0 unspecified atom stereocenters. The number of amides is 1. The van der Waals surface area contributed by atoms with Crippen molar-refractivity contribution in [3.8, 4) is 0 Å². The van der Waals surface area contributed by atoms with Gasteiger partial charge in [-0.15, -0.1) is 0 Å². The van der Waals surface area contributed by atoms with Crippen LogP contribution in [0.15, 0.2) is 54.6 Å². The van der Waals surface area contributed by atoms with Gasteiger partial charge in [0.1, 0.15) is 0 Å². The number of benzene rings is 2. The fourth-order valence-corrected chi connectivity index (χ4v) is 2.81. The van der Waals surface area contributed by atoms with Crippen LogP contribution in [0.4, 0.5) is 5.69 Å². The molecule has 0 saturated heterocycles. The summed E-state index contributed by atoms with van der Waals surface area (Å²) in [7, 11) is 0. The number of carbonyl (C=O) groups excluding carboxylic acids is 2. The SMILES string of the molecule is CCOC(=O)c1ccc(N(Cc2ccccc2)C(=O)CN(CC)CC)cc1. The Morgan fingerprint density at radius 3 is 2.07 bits per heavy atom. The molecule has 0 aliphatic heterocycles. The lowest BCUT2D eigenvalue weighted by atomic mass is 10.1. The largest absolute Gasteiger partial charge is 0.462 e. The van der Waals surface area contributed by atoms with Crippen LogP contribution in [0.2, 0.25) is 0 Å². The summed E-state index contributed by atoms with van der Waals surface area (Å²) in [5.41, 5.74) is 2.31. The lowest BCUT2D eigenvalue weighted by Crippen LogP contribution is -2.40. The van der Waals surface area contributed by atoms with Crippen LogP contribution < -0.4 is 4.90 Å². The first-order chi connectivity index (χ1) is 13.1. The molecule has 2 aromatic rings. The molecule has 27 heavy (non-hydrogen) atoms. The highest BCUT2D eigenvalue weighted by Crippen LogP contribution is 2.19. The van der Waals surface area contributed by atoms with Crippen molar-refractivity contribution in [3.63, 3.8) is 0 Å². The molecule has 0 spiro atoms. The summed E-state index contributed by atoms with van der Waals surface area (Å²) in [5.74, 6) is -0.320. The maximum Gasteiger partial charge on any atom is 0.338 e. The van der Waals surface area contributed by atoms with Crippen LogP contribution in [0.1, 0.15) is 36.7 Å². The quantitative estimate of drug-likeness (QED) is 0.633. The third kappa shape index (κ3) is 5.93. The van der Waals surface area contributed by atoms with Crippen LogP contribution in [0.25, 0.3) is 0 Å². The second-order valence-electron chi connectivity index (χ2n) is 6.19. The third-order valence-corrected chi connectivity index (χ3v) is 4.43. The molecule has 5 heteroatoms. The molecule has 0 bridgehead atoms. The van der Waals surface area contributed by atoms with Gasteiger partial charge in [0.15, 0.2) is 0 Å². The van der Waals surface area contributed by atoms with E-state index in [0.717, 1.165) is 24.3 Å². The second kappa shape index (κ2) is 10.5. The summed E-state index contributed by atoms with van der Waals surface area (Å²) in [6.07, 6.45) is 0. The molecule has 0 aliphatic carbocycles. The van der Waals surface area contributed by atoms with Crippen molar-refractivity contribution in [3.05, 3.63) is 65.7 Å². The summed E-state index contributed by atoms with van der Waals surface area (Å²) in [5, 5.41) is 0. The van der Waals surface area contributed by atoms with Crippen LogP contribution in [0.5, 0.6) is 0 Å². The predicted octanol–water partition coefficient (Wildman–Crippen LogP) is 3.74. The molecule has 5 nitrogen and oxygen atoms in total. The molecule has 2 rings (SSSR count). The van der Waals surface area contributed by atoms with Gasteiger partial charge < -0.3 is 9.64 Å². The van der Waals surface area contributed by atoms with Crippen LogP contribution >= 0.6 is 0 Å². The van der Waals surface area contributed by atoms with E-state index in [1.807, 2.05) is 44.2 Å². The van der Waals surface area contributed by atoms with Gasteiger partial charge in [0.05, 0.1) is 25.3 Å². The second-order valence-corrected chi connectivity index (χ2v) is 6.19. The normalized spacial score (nSPS) is 10.7. The summed E-state index contributed by atoms with van der Waals surface area (Å²) in [6.45, 7) is 8.70. The van der Waals surface area contributed by atoms with Gasteiger partial charge in [-0.05, 0) is 49.8 Å². The van der Waals surface area contributed by atoms with Gasteiger partial charge in [0.25, 0.3) is 0 Å². The van der Waals surface area contributed by atoms with E-state index in [1.54, 1.807) is 36.1 Å². The van der Waals surface area contributed by atoms with Crippen molar-refractivity contribution in [2.75, 3.05) is 31.1 Å². The third-order valence-electron chi connectivity index (χ3n) is 4.43. The monoisotopic (exact) mass is 368 g/mol. The Bertz CT molecular complexity index is 725. The zero-order valence-corrected chi connectivity index (χ0v) is 16.4. The lowest BCUT2D eigenvalue weighted by Gasteiger charge is -2.26. The van der Waals surface area contributed by atoms with E-state index in [-0.39, 0.29) is 11.9 Å². The van der Waals surface area contributed by atoms with E-state index in [0.29, 0.717) is 25.3 Å². The molecule has 144 valence electrons. The number of hydrogen-bond donors (Lipinski definition) is 0. The summed E-state index contributed by atoms with van der Waals surface area (Å²) < 4.78 is 5.03. The number of ether oxygens (including phenoxy) is 1. The standard InChI is InChI=1S/C22H28N2O3/c1-4-23(5-2)17-21(25)24(16-18-10-8-7-9-11-18)20-14-12-19(13-15-20)22(26)27-6-3/h7-15H,4-6,16-17H2,1-3H3. The van der Waals surface area contributed by atoms with Crippen LogP contribution in [0.3, 0.4) is 0 Å². The number of anilines is 1. The van der Waals surface area contributed by atoms with Crippen LogP contribution in [0, 0.1) is 0 Å². The van der Waals surface area contributed by atoms with Gasteiger partial charge in [0.2, 0.25) is 5.91 Å². The van der Waals surface area contributed by atoms with E-state index < -0.39 is 0 Å². The fraction of sp³-hybridized carbons (Fsp3) is 0.364. The Morgan fingerprint density at radius 1 is 0.889 bits per heavy atom. The van der Waals surface area contributed by atoms with Gasteiger partial charge in [-0.1, -0.05) is 44.2 Å². The number of carbonyl (C=O) groups is 2. The molecule has 0 aromatic heterocycles. The van der Waals surface area contributed by atoms with Crippen LogP contribution in [-0.2, 0) is 16.1 Å². The van der Waals surface area contributed by atoms with Crippen molar-refractivity contribution in [1.82, 2.24) is 4.90 Å². The first-order valence-corrected chi connectivity index (χ1v) is 9.42. The van der Waals surface area contributed by atoms with E-state index >= 15 is 0 Å². The fourth-order valence-electron chi connectivity index (χ4n) is 2.81. The van der Waals surface area contributed by atoms with E-state index in [2.05, 4.69) is 4.90 Å². The molecule has 0 fully saturated rings. The highest BCUT2D eigenvalue weighted by atomic mass is 16.5. The smallest absolute Gasteiger partial charge is 0.338 e. The van der Waals surface area contributed by atoms with Crippen molar-refractivity contribution in [2.24, 2.45) is 0 Å². The highest BCUT2D eigenvalue weighted by molar-refractivity contribution is 5.96. The summed E-state index contributed by atoms with van der Waals surface area (Å²) >= 11 is 0. The molecule has 0 radical (unpaired) electrons. The van der Waals surface area contributed by atoms with E-state index in [9.17, 15) is 9.59 Å². The number of nitrogens with zero attached hydrogens (tertiary/aromatic N) is 2. The minimum atomic E-state index is -0.354. The highest BCUT2D eigenvalue weighted by Gasteiger charge is 2.19. The minimum absolute atomic E-state index is 0.0337. The van der Waals surface area contributed by atoms with Crippen molar-refractivity contribution >= 4 is 17.6 Å². The average molecular weight is 368 g/mol. The Hall–Kier alpha value is -2.66. The Morgan fingerprint density at radius 2 is 1.52 bits per heavy atom. The minimum Gasteiger partial charge on any atom is -0.462 e. The molecule has 0 aliphatic rings. The first kappa shape index (κ1) is 20.6. The van der Waals surface area contributed by atoms with Gasteiger partial charge in [-0.3, -0.25) is 9.69 Å². The maximum atomic E-state index is 13.0. The number of hydrogen-bond acceptors (Lipinski definition) is 4. The number of likely N-dealkylation sites (N-methyl/N-ethyl adjacent to an activating group) is 1. The molecule has 2 aromatic carbocycles. The van der Waals surface area contributed by atoms with Gasteiger partial charge in [-0.2, -0.15) is 0 Å². The average Bonchev–Trinajstić information content (AvgIpc) is 2.71. The molecular weight excluding hydrogens is 340 g/mol. The van der Waals surface area contributed by atoms with E-state index in [4.69, 9.17) is 4.74 Å².